The van der Waals surface area contributed by atoms with Crippen molar-refractivity contribution in [3.63, 3.8) is 0 Å². The SMILES string of the molecule is NC(=O)/C(=C/n1cnn(-c2cc(C(F)(F)F)cc(C(F)(F)F)c2)c1=O)c1cncc(F)c1. The molecule has 7 nitrogen and oxygen atoms in total. The van der Waals surface area contributed by atoms with Gasteiger partial charge in [0.1, 0.15) is 12.1 Å². The lowest BCUT2D eigenvalue weighted by molar-refractivity contribution is -0.143. The number of nitrogens with two attached hydrogens (primary N) is 1. The summed E-state index contributed by atoms with van der Waals surface area (Å²) in [5.41, 5.74) is -0.671. The van der Waals surface area contributed by atoms with Crippen LogP contribution in [-0.2, 0) is 17.1 Å². The molecule has 0 atom stereocenters. The molecule has 1 aromatic carbocycles. The van der Waals surface area contributed by atoms with Crippen molar-refractivity contribution in [1.29, 1.82) is 0 Å². The van der Waals surface area contributed by atoms with Crippen molar-refractivity contribution in [3.05, 3.63) is 76.0 Å². The summed E-state index contributed by atoms with van der Waals surface area (Å²) >= 11 is 0. The Morgan fingerprint density at radius 2 is 1.56 bits per heavy atom. The number of aromatic nitrogens is 4. The molecule has 0 aliphatic rings. The number of rotatable bonds is 4. The van der Waals surface area contributed by atoms with Crippen LogP contribution < -0.4 is 11.4 Å². The lowest BCUT2D eigenvalue weighted by Gasteiger charge is -2.13. The second-order valence-corrected chi connectivity index (χ2v) is 6.30. The third-order valence-corrected chi connectivity index (χ3v) is 4.06. The first kappa shape index (κ1) is 22.7. The fourth-order valence-electron chi connectivity index (χ4n) is 2.62. The van der Waals surface area contributed by atoms with E-state index in [1.165, 1.54) is 0 Å². The molecule has 2 aromatic heterocycles. The summed E-state index contributed by atoms with van der Waals surface area (Å²) in [4.78, 5) is 27.8. The smallest absolute Gasteiger partial charge is 0.366 e. The zero-order valence-corrected chi connectivity index (χ0v) is 15.4. The highest BCUT2D eigenvalue weighted by Gasteiger charge is 2.37. The first-order chi connectivity index (χ1) is 14.8. The summed E-state index contributed by atoms with van der Waals surface area (Å²) < 4.78 is 92.6. The summed E-state index contributed by atoms with van der Waals surface area (Å²) in [6.07, 6.45) is -6.86. The van der Waals surface area contributed by atoms with Gasteiger partial charge in [0.05, 0.1) is 28.6 Å². The number of primary amides is 1. The largest absolute Gasteiger partial charge is 0.416 e. The molecule has 3 rings (SSSR count). The van der Waals surface area contributed by atoms with Crippen LogP contribution in [0.25, 0.3) is 17.5 Å². The number of benzene rings is 1. The number of pyridine rings is 1. The van der Waals surface area contributed by atoms with Crippen LogP contribution in [-0.4, -0.2) is 25.2 Å². The molecule has 0 bridgehead atoms. The second-order valence-electron chi connectivity index (χ2n) is 6.30. The molecule has 0 spiro atoms. The standard InChI is InChI=1S/C18H10F7N5O2/c19-12-1-9(5-27-6-12)14(15(26)31)7-29-8-28-30(16(29)32)13-3-10(17(20,21)22)2-11(4-13)18(23,24)25/h1-8H,(H2,26,31)/b14-7+. The number of amides is 1. The van der Waals surface area contributed by atoms with E-state index in [1.807, 2.05) is 0 Å². The molecule has 0 radical (unpaired) electrons. The maximum Gasteiger partial charge on any atom is 0.416 e. The molecule has 32 heavy (non-hydrogen) atoms. The topological polar surface area (TPSA) is 95.8 Å². The number of nitrogens with zero attached hydrogens (tertiary/aromatic N) is 4. The molecule has 2 heterocycles. The predicted octanol–water partition coefficient (Wildman–Crippen LogP) is 3.09. The minimum atomic E-state index is -5.13. The summed E-state index contributed by atoms with van der Waals surface area (Å²) in [5.74, 6) is -1.95. The Balaban J connectivity index is 2.16. The number of hydrogen-bond donors (Lipinski definition) is 1. The second kappa shape index (κ2) is 7.94. The third kappa shape index (κ3) is 4.68. The number of alkyl halides is 6. The highest BCUT2D eigenvalue weighted by atomic mass is 19.4. The van der Waals surface area contributed by atoms with Crippen molar-refractivity contribution in [3.8, 4) is 5.69 Å². The van der Waals surface area contributed by atoms with Crippen molar-refractivity contribution < 1.29 is 35.5 Å². The number of hydrogen-bond acceptors (Lipinski definition) is 4. The van der Waals surface area contributed by atoms with Crippen molar-refractivity contribution in [2.75, 3.05) is 0 Å². The van der Waals surface area contributed by atoms with E-state index < -0.39 is 52.2 Å². The Labute approximate surface area is 173 Å². The van der Waals surface area contributed by atoms with E-state index >= 15 is 0 Å². The van der Waals surface area contributed by atoms with Crippen molar-refractivity contribution in [1.82, 2.24) is 19.3 Å². The fraction of sp³-hybridized carbons (Fsp3) is 0.111. The van der Waals surface area contributed by atoms with Gasteiger partial charge < -0.3 is 5.73 Å². The van der Waals surface area contributed by atoms with Crippen molar-refractivity contribution in [2.45, 2.75) is 12.4 Å². The van der Waals surface area contributed by atoms with E-state index in [2.05, 4.69) is 10.1 Å². The lowest BCUT2D eigenvalue weighted by atomic mass is 10.1. The van der Waals surface area contributed by atoms with Gasteiger partial charge in [-0.2, -0.15) is 36.1 Å². The molecule has 14 heteroatoms. The Kier molecular flexibility index (Phi) is 5.63. The van der Waals surface area contributed by atoms with Crippen LogP contribution in [0.5, 0.6) is 0 Å². The van der Waals surface area contributed by atoms with Crippen LogP contribution in [0.3, 0.4) is 0 Å². The number of carbonyl (C=O) groups is 1. The molecule has 0 unspecified atom stereocenters. The first-order valence-electron chi connectivity index (χ1n) is 8.36. The van der Waals surface area contributed by atoms with E-state index in [-0.39, 0.29) is 16.3 Å². The minimum Gasteiger partial charge on any atom is -0.366 e. The van der Waals surface area contributed by atoms with Gasteiger partial charge in [0.15, 0.2) is 0 Å². The quantitative estimate of drug-likeness (QED) is 0.477. The molecule has 1 amide bonds. The lowest BCUT2D eigenvalue weighted by Crippen LogP contribution is -2.23. The van der Waals surface area contributed by atoms with Gasteiger partial charge in [-0.1, -0.05) is 0 Å². The zero-order chi connectivity index (χ0) is 23.8. The van der Waals surface area contributed by atoms with Crippen molar-refractivity contribution in [2.24, 2.45) is 5.73 Å². The molecule has 3 aromatic rings. The van der Waals surface area contributed by atoms with E-state index in [9.17, 15) is 40.3 Å². The highest BCUT2D eigenvalue weighted by Crippen LogP contribution is 2.36. The minimum absolute atomic E-state index is 0.104. The van der Waals surface area contributed by atoms with Crippen LogP contribution >= 0.6 is 0 Å². The van der Waals surface area contributed by atoms with E-state index in [4.69, 9.17) is 5.73 Å². The van der Waals surface area contributed by atoms with Gasteiger partial charge >= 0.3 is 18.0 Å². The van der Waals surface area contributed by atoms with Gasteiger partial charge in [0.25, 0.3) is 5.91 Å². The monoisotopic (exact) mass is 461 g/mol. The van der Waals surface area contributed by atoms with Crippen molar-refractivity contribution >= 4 is 17.7 Å². The maximum atomic E-state index is 13.4. The third-order valence-electron chi connectivity index (χ3n) is 4.06. The van der Waals surface area contributed by atoms with E-state index in [0.29, 0.717) is 16.7 Å². The molecule has 2 N–H and O–H groups in total. The fourth-order valence-corrected chi connectivity index (χ4v) is 2.62. The number of carbonyl (C=O) groups excluding carboxylic acids is 1. The molecular formula is C18H10F7N5O2. The molecule has 0 fully saturated rings. The Morgan fingerprint density at radius 1 is 0.969 bits per heavy atom. The van der Waals surface area contributed by atoms with Gasteiger partial charge in [-0.3, -0.25) is 14.3 Å². The van der Waals surface area contributed by atoms with Crippen LogP contribution in [0, 0.1) is 5.82 Å². The van der Waals surface area contributed by atoms with E-state index in [0.717, 1.165) is 31.0 Å². The summed E-state index contributed by atoms with van der Waals surface area (Å²) in [5, 5.41) is 3.50. The Bertz CT molecular complexity index is 1240. The van der Waals surface area contributed by atoms with Gasteiger partial charge in [-0.05, 0) is 24.3 Å². The zero-order valence-electron chi connectivity index (χ0n) is 15.4. The van der Waals surface area contributed by atoms with Crippen LogP contribution in [0.4, 0.5) is 30.7 Å². The molecule has 168 valence electrons. The van der Waals surface area contributed by atoms with Gasteiger partial charge in [-0.15, -0.1) is 0 Å². The van der Waals surface area contributed by atoms with E-state index in [1.54, 1.807) is 0 Å². The average molecular weight is 461 g/mol. The van der Waals surface area contributed by atoms with Gasteiger partial charge in [0.2, 0.25) is 0 Å². The first-order valence-corrected chi connectivity index (χ1v) is 8.36. The normalized spacial score (nSPS) is 12.8. The molecule has 0 saturated heterocycles. The molecular weight excluding hydrogens is 451 g/mol. The van der Waals surface area contributed by atoms with Crippen LogP contribution in [0.1, 0.15) is 16.7 Å². The summed E-state index contributed by atoms with van der Waals surface area (Å²) in [6, 6.07) is 1.39. The molecule has 0 aliphatic carbocycles. The van der Waals surface area contributed by atoms with Gasteiger partial charge in [-0.25, -0.2) is 9.18 Å². The summed E-state index contributed by atoms with van der Waals surface area (Å²) in [7, 11) is 0. The van der Waals surface area contributed by atoms with Crippen LogP contribution in [0.2, 0.25) is 0 Å². The Morgan fingerprint density at radius 3 is 2.06 bits per heavy atom. The Hall–Kier alpha value is -3.97. The number of halogens is 7. The summed E-state index contributed by atoms with van der Waals surface area (Å²) in [6.45, 7) is 0. The molecule has 0 aliphatic heterocycles. The molecule has 0 saturated carbocycles. The highest BCUT2D eigenvalue weighted by molar-refractivity contribution is 6.22. The average Bonchev–Trinajstić information content (AvgIpc) is 3.04. The van der Waals surface area contributed by atoms with Gasteiger partial charge in [0, 0.05) is 18.0 Å². The van der Waals surface area contributed by atoms with Crippen LogP contribution in [0.15, 0.2) is 47.8 Å². The predicted molar refractivity (Wildman–Crippen MR) is 95.4 cm³/mol. The maximum absolute atomic E-state index is 13.4.